The maximum absolute atomic E-state index is 12.2. The van der Waals surface area contributed by atoms with Gasteiger partial charge in [-0.2, -0.15) is 0 Å². The van der Waals surface area contributed by atoms with Crippen molar-refractivity contribution in [3.8, 4) is 0 Å². The summed E-state index contributed by atoms with van der Waals surface area (Å²) < 4.78 is 0. The Morgan fingerprint density at radius 2 is 2.14 bits per heavy atom. The highest BCUT2D eigenvalue weighted by Gasteiger charge is 2.52. The predicted molar refractivity (Wildman–Crippen MR) is 84.8 cm³/mol. The molecule has 3 aliphatic rings. The highest BCUT2D eigenvalue weighted by molar-refractivity contribution is 5.83. The standard InChI is InChI=1S/C19H30O2/c1-13(11-14-8-10-18(2,21)12-14)15-6-7-16-17(20)5-4-9-19(15,16)3/h8,10,13-16,21H,4-7,9,11-12H2,1-3H3/t13-,14+,15-,16?,18+,19-/m1/s1. The van der Waals surface area contributed by atoms with Gasteiger partial charge < -0.3 is 5.11 Å². The number of hydrogen-bond acceptors (Lipinski definition) is 2. The summed E-state index contributed by atoms with van der Waals surface area (Å²) in [5.74, 6) is 2.71. The van der Waals surface area contributed by atoms with Crippen LogP contribution in [0.5, 0.6) is 0 Å². The van der Waals surface area contributed by atoms with E-state index in [0.29, 0.717) is 29.5 Å². The van der Waals surface area contributed by atoms with Gasteiger partial charge in [0.1, 0.15) is 5.78 Å². The summed E-state index contributed by atoms with van der Waals surface area (Å²) in [5, 5.41) is 10.1. The maximum Gasteiger partial charge on any atom is 0.136 e. The average molecular weight is 290 g/mol. The molecule has 0 aromatic carbocycles. The molecule has 3 aliphatic carbocycles. The molecule has 2 nitrogen and oxygen atoms in total. The molecule has 0 saturated heterocycles. The van der Waals surface area contributed by atoms with Crippen LogP contribution in [0, 0.1) is 29.1 Å². The van der Waals surface area contributed by atoms with Crippen molar-refractivity contribution in [3.05, 3.63) is 12.2 Å². The van der Waals surface area contributed by atoms with Crippen molar-refractivity contribution in [2.75, 3.05) is 0 Å². The Bertz CT molecular complexity index is 450. The number of carbonyl (C=O) groups is 1. The van der Waals surface area contributed by atoms with Gasteiger partial charge in [0.05, 0.1) is 5.60 Å². The molecule has 0 amide bonds. The van der Waals surface area contributed by atoms with E-state index in [0.717, 1.165) is 32.1 Å². The molecule has 21 heavy (non-hydrogen) atoms. The Balaban J connectivity index is 1.67. The van der Waals surface area contributed by atoms with E-state index in [1.807, 2.05) is 13.0 Å². The van der Waals surface area contributed by atoms with E-state index in [1.165, 1.54) is 12.8 Å². The van der Waals surface area contributed by atoms with E-state index in [-0.39, 0.29) is 5.41 Å². The molecule has 0 radical (unpaired) electrons. The van der Waals surface area contributed by atoms with E-state index in [1.54, 1.807) is 0 Å². The van der Waals surface area contributed by atoms with Crippen LogP contribution in [0.4, 0.5) is 0 Å². The third kappa shape index (κ3) is 2.72. The minimum absolute atomic E-state index is 0.250. The first kappa shape index (κ1) is 15.3. The van der Waals surface area contributed by atoms with Gasteiger partial charge in [-0.3, -0.25) is 4.79 Å². The SMILES string of the molecule is C[C@H](C[C@@H]1C=C[C@](C)(O)C1)[C@H]1CCC2C(=O)CCC[C@@]21C. The monoisotopic (exact) mass is 290 g/mol. The second-order valence-corrected chi connectivity index (χ2v) is 8.46. The van der Waals surface area contributed by atoms with Crippen molar-refractivity contribution in [1.82, 2.24) is 0 Å². The number of aliphatic hydroxyl groups is 1. The van der Waals surface area contributed by atoms with E-state index in [2.05, 4.69) is 19.9 Å². The van der Waals surface area contributed by atoms with E-state index in [9.17, 15) is 9.90 Å². The quantitative estimate of drug-likeness (QED) is 0.794. The van der Waals surface area contributed by atoms with Crippen molar-refractivity contribution in [3.63, 3.8) is 0 Å². The number of ketones is 1. The predicted octanol–water partition coefficient (Wildman–Crippen LogP) is 4.13. The van der Waals surface area contributed by atoms with Crippen LogP contribution >= 0.6 is 0 Å². The lowest BCUT2D eigenvalue weighted by Crippen LogP contribution is -2.39. The molecule has 6 atom stereocenters. The molecule has 0 spiro atoms. The fraction of sp³-hybridized carbons (Fsp3) is 0.842. The number of rotatable bonds is 3. The molecule has 0 aliphatic heterocycles. The summed E-state index contributed by atoms with van der Waals surface area (Å²) in [6.45, 7) is 6.66. The molecule has 1 unspecified atom stereocenters. The van der Waals surface area contributed by atoms with Crippen LogP contribution in [0.1, 0.15) is 65.7 Å². The Morgan fingerprint density at radius 3 is 2.81 bits per heavy atom. The minimum atomic E-state index is -0.604. The van der Waals surface area contributed by atoms with Crippen molar-refractivity contribution in [2.45, 2.75) is 71.3 Å². The molecular weight excluding hydrogens is 260 g/mol. The summed E-state index contributed by atoms with van der Waals surface area (Å²) >= 11 is 0. The second-order valence-electron chi connectivity index (χ2n) is 8.46. The molecule has 0 heterocycles. The maximum atomic E-state index is 12.2. The topological polar surface area (TPSA) is 37.3 Å². The van der Waals surface area contributed by atoms with E-state index in [4.69, 9.17) is 0 Å². The van der Waals surface area contributed by atoms with Crippen LogP contribution in [0.25, 0.3) is 0 Å². The van der Waals surface area contributed by atoms with Gasteiger partial charge >= 0.3 is 0 Å². The van der Waals surface area contributed by atoms with Crippen LogP contribution in [-0.2, 0) is 4.79 Å². The van der Waals surface area contributed by atoms with Crippen LogP contribution < -0.4 is 0 Å². The number of carbonyl (C=O) groups excluding carboxylic acids is 1. The molecule has 0 bridgehead atoms. The lowest BCUT2D eigenvalue weighted by molar-refractivity contribution is -0.130. The third-order valence-electron chi connectivity index (χ3n) is 6.70. The fourth-order valence-corrected chi connectivity index (χ4v) is 5.72. The number of hydrogen-bond donors (Lipinski definition) is 1. The molecule has 2 saturated carbocycles. The minimum Gasteiger partial charge on any atom is -0.386 e. The Morgan fingerprint density at radius 1 is 1.38 bits per heavy atom. The highest BCUT2D eigenvalue weighted by Crippen LogP contribution is 2.57. The summed E-state index contributed by atoms with van der Waals surface area (Å²) in [6, 6.07) is 0. The van der Waals surface area contributed by atoms with Gasteiger partial charge in [-0.05, 0) is 68.6 Å². The molecule has 118 valence electrons. The number of fused-ring (bicyclic) bond motifs is 1. The van der Waals surface area contributed by atoms with E-state index >= 15 is 0 Å². The Kier molecular flexibility index (Phi) is 3.80. The molecule has 3 rings (SSSR count). The zero-order valence-corrected chi connectivity index (χ0v) is 13.8. The Labute approximate surface area is 129 Å². The van der Waals surface area contributed by atoms with E-state index < -0.39 is 5.60 Å². The van der Waals surface area contributed by atoms with Crippen LogP contribution in [-0.4, -0.2) is 16.5 Å². The fourth-order valence-electron chi connectivity index (χ4n) is 5.72. The van der Waals surface area contributed by atoms with Crippen molar-refractivity contribution < 1.29 is 9.90 Å². The van der Waals surface area contributed by atoms with Crippen LogP contribution in [0.2, 0.25) is 0 Å². The number of Topliss-reactive ketones (excluding diaryl/α,β-unsaturated/α-hetero) is 1. The summed E-state index contributed by atoms with van der Waals surface area (Å²) in [5.41, 5.74) is -0.354. The van der Waals surface area contributed by atoms with Crippen molar-refractivity contribution >= 4 is 5.78 Å². The summed E-state index contributed by atoms with van der Waals surface area (Å²) in [6.07, 6.45) is 11.7. The largest absolute Gasteiger partial charge is 0.386 e. The molecule has 2 fully saturated rings. The first-order valence-electron chi connectivity index (χ1n) is 8.76. The lowest BCUT2D eigenvalue weighted by atomic mass is 9.61. The highest BCUT2D eigenvalue weighted by atomic mass is 16.3. The summed E-state index contributed by atoms with van der Waals surface area (Å²) in [4.78, 5) is 12.2. The van der Waals surface area contributed by atoms with Crippen LogP contribution in [0.3, 0.4) is 0 Å². The summed E-state index contributed by atoms with van der Waals surface area (Å²) in [7, 11) is 0. The van der Waals surface area contributed by atoms with Gasteiger partial charge in [0, 0.05) is 12.3 Å². The van der Waals surface area contributed by atoms with Crippen LogP contribution in [0.15, 0.2) is 12.2 Å². The second kappa shape index (κ2) is 5.22. The van der Waals surface area contributed by atoms with Crippen molar-refractivity contribution in [2.24, 2.45) is 29.1 Å². The molecule has 1 N–H and O–H groups in total. The zero-order chi connectivity index (χ0) is 15.3. The van der Waals surface area contributed by atoms with Gasteiger partial charge in [-0.25, -0.2) is 0 Å². The van der Waals surface area contributed by atoms with Gasteiger partial charge in [0.15, 0.2) is 0 Å². The molecule has 0 aromatic heterocycles. The third-order valence-corrected chi connectivity index (χ3v) is 6.70. The lowest BCUT2D eigenvalue weighted by Gasteiger charge is -2.42. The Hall–Kier alpha value is -0.630. The zero-order valence-electron chi connectivity index (χ0n) is 13.8. The van der Waals surface area contributed by atoms with Gasteiger partial charge in [-0.1, -0.05) is 26.0 Å². The van der Waals surface area contributed by atoms with Gasteiger partial charge in [-0.15, -0.1) is 0 Å². The normalized spacial score (nSPS) is 47.6. The molecule has 2 heteroatoms. The first-order chi connectivity index (χ1) is 9.82. The van der Waals surface area contributed by atoms with Gasteiger partial charge in [0.25, 0.3) is 0 Å². The average Bonchev–Trinajstić information content (AvgIpc) is 2.90. The first-order valence-corrected chi connectivity index (χ1v) is 8.76. The molecule has 0 aromatic rings. The smallest absolute Gasteiger partial charge is 0.136 e. The van der Waals surface area contributed by atoms with Gasteiger partial charge in [0.2, 0.25) is 0 Å². The molecular formula is C19H30O2. The number of allylic oxidation sites excluding steroid dienone is 1. The van der Waals surface area contributed by atoms with Crippen molar-refractivity contribution in [1.29, 1.82) is 0 Å².